The second-order valence-corrected chi connectivity index (χ2v) is 6.87. The average molecular weight is 353 g/mol. The fraction of sp³-hybridized carbons (Fsp3) is 0.500. The highest BCUT2D eigenvalue weighted by Crippen LogP contribution is 2.22. The van der Waals surface area contributed by atoms with Crippen molar-refractivity contribution in [1.82, 2.24) is 34.0 Å². The fourth-order valence-corrected chi connectivity index (χ4v) is 3.64. The first-order chi connectivity index (χ1) is 12.6. The van der Waals surface area contributed by atoms with Gasteiger partial charge in [0.15, 0.2) is 0 Å². The van der Waals surface area contributed by atoms with Gasteiger partial charge in [0.25, 0.3) is 11.7 Å². The fourth-order valence-electron chi connectivity index (χ4n) is 3.64. The topological polar surface area (TPSA) is 81.2 Å². The number of carbonyl (C=O) groups excluding carboxylic acids is 1. The van der Waals surface area contributed by atoms with E-state index in [2.05, 4.69) is 24.7 Å². The van der Waals surface area contributed by atoms with Crippen LogP contribution in [0.4, 0.5) is 0 Å². The molecule has 1 amide bonds. The summed E-state index contributed by atoms with van der Waals surface area (Å²) in [6.07, 6.45) is 9.74. The minimum atomic E-state index is -0.0600. The van der Waals surface area contributed by atoms with Gasteiger partial charge >= 0.3 is 0 Å². The van der Waals surface area contributed by atoms with Gasteiger partial charge in [0.05, 0.1) is 0 Å². The molecule has 0 unspecified atom stereocenters. The Morgan fingerprint density at radius 1 is 1.23 bits per heavy atom. The number of aromatic nitrogens is 6. The Morgan fingerprint density at radius 3 is 2.92 bits per heavy atom. The molecule has 4 heterocycles. The molecule has 0 aliphatic carbocycles. The van der Waals surface area contributed by atoms with Crippen LogP contribution in [0.2, 0.25) is 0 Å². The van der Waals surface area contributed by atoms with Crippen molar-refractivity contribution < 1.29 is 4.79 Å². The zero-order chi connectivity index (χ0) is 18.1. The summed E-state index contributed by atoms with van der Waals surface area (Å²) < 4.78 is 3.82. The summed E-state index contributed by atoms with van der Waals surface area (Å²) in [5, 5.41) is 8.17. The highest BCUT2D eigenvalue weighted by molar-refractivity contribution is 5.91. The summed E-state index contributed by atoms with van der Waals surface area (Å²) in [4.78, 5) is 23.7. The zero-order valence-corrected chi connectivity index (χ0v) is 15.2. The van der Waals surface area contributed by atoms with E-state index in [1.807, 2.05) is 43.4 Å². The van der Waals surface area contributed by atoms with E-state index in [4.69, 9.17) is 0 Å². The minimum Gasteiger partial charge on any atom is -0.335 e. The lowest BCUT2D eigenvalue weighted by molar-refractivity contribution is 0.0581. The molecule has 0 aromatic carbocycles. The van der Waals surface area contributed by atoms with Crippen LogP contribution in [-0.4, -0.2) is 52.5 Å². The van der Waals surface area contributed by atoms with Crippen molar-refractivity contribution in [3.8, 4) is 0 Å². The summed E-state index contributed by atoms with van der Waals surface area (Å²) >= 11 is 0. The number of fused-ring (bicyclic) bond motifs is 1. The number of carbonyl (C=O) groups is 1. The van der Waals surface area contributed by atoms with Gasteiger partial charge in [-0.25, -0.2) is 9.97 Å². The maximum atomic E-state index is 13.2. The molecule has 1 aliphatic rings. The predicted molar refractivity (Wildman–Crippen MR) is 95.8 cm³/mol. The molecule has 136 valence electrons. The number of likely N-dealkylation sites (tertiary alicyclic amines) is 1. The number of rotatable bonds is 4. The van der Waals surface area contributed by atoms with E-state index in [0.29, 0.717) is 11.6 Å². The molecule has 0 N–H and O–H groups in total. The van der Waals surface area contributed by atoms with Crippen LogP contribution in [0.1, 0.15) is 47.8 Å². The number of amides is 1. The summed E-state index contributed by atoms with van der Waals surface area (Å²) in [7, 11) is 0. The number of aryl methyl sites for hydroxylation is 3. The van der Waals surface area contributed by atoms with E-state index in [1.165, 1.54) is 0 Å². The molecule has 8 heteroatoms. The number of hydrogen-bond acceptors (Lipinski definition) is 5. The molecule has 0 spiro atoms. The molecule has 0 bridgehead atoms. The van der Waals surface area contributed by atoms with E-state index in [0.717, 1.165) is 50.3 Å². The molecule has 0 radical (unpaired) electrons. The molecule has 1 saturated heterocycles. The predicted octanol–water partition coefficient (Wildman–Crippen LogP) is 2.02. The largest absolute Gasteiger partial charge is 0.335 e. The molecule has 3 aromatic heterocycles. The highest BCUT2D eigenvalue weighted by Gasteiger charge is 2.30. The van der Waals surface area contributed by atoms with Crippen LogP contribution in [0.5, 0.6) is 0 Å². The van der Waals surface area contributed by atoms with Crippen molar-refractivity contribution >= 4 is 11.7 Å². The first kappa shape index (κ1) is 16.7. The Kier molecular flexibility index (Phi) is 4.40. The second-order valence-electron chi connectivity index (χ2n) is 6.87. The Balaban J connectivity index is 1.55. The standard InChI is InChI=1S/C18H23N7O/c1-13-6-11-25-16(21-22-18(25)20-13)17(26)24-9-4-3-5-15(24)7-10-23-12-8-19-14(23)2/h6,8,11-12,15H,3-5,7,9-10H2,1-2H3/t15-/m1/s1. The zero-order valence-electron chi connectivity index (χ0n) is 15.2. The third-order valence-electron chi connectivity index (χ3n) is 5.13. The summed E-state index contributed by atoms with van der Waals surface area (Å²) in [5.41, 5.74) is 0.857. The maximum Gasteiger partial charge on any atom is 0.292 e. The minimum absolute atomic E-state index is 0.0600. The molecule has 1 fully saturated rings. The van der Waals surface area contributed by atoms with Crippen LogP contribution in [0.25, 0.3) is 5.78 Å². The van der Waals surface area contributed by atoms with Crippen molar-refractivity contribution in [3.63, 3.8) is 0 Å². The molecule has 1 atom stereocenters. The third kappa shape index (κ3) is 3.07. The van der Waals surface area contributed by atoms with Crippen LogP contribution in [-0.2, 0) is 6.54 Å². The maximum absolute atomic E-state index is 13.2. The Morgan fingerprint density at radius 2 is 2.12 bits per heavy atom. The molecule has 8 nitrogen and oxygen atoms in total. The van der Waals surface area contributed by atoms with Crippen molar-refractivity contribution in [3.05, 3.63) is 42.0 Å². The first-order valence-electron chi connectivity index (χ1n) is 9.10. The molecule has 1 aliphatic heterocycles. The van der Waals surface area contributed by atoms with Gasteiger partial charge < -0.3 is 9.47 Å². The first-order valence-corrected chi connectivity index (χ1v) is 9.10. The van der Waals surface area contributed by atoms with E-state index in [-0.39, 0.29) is 11.9 Å². The van der Waals surface area contributed by atoms with Gasteiger partial charge in [-0.15, -0.1) is 10.2 Å². The van der Waals surface area contributed by atoms with Gasteiger partial charge in [0.2, 0.25) is 5.82 Å². The van der Waals surface area contributed by atoms with E-state index in [9.17, 15) is 4.79 Å². The Bertz CT molecular complexity index is 929. The van der Waals surface area contributed by atoms with E-state index >= 15 is 0 Å². The van der Waals surface area contributed by atoms with E-state index < -0.39 is 0 Å². The molecule has 3 aromatic rings. The molecule has 26 heavy (non-hydrogen) atoms. The van der Waals surface area contributed by atoms with Crippen molar-refractivity contribution in [1.29, 1.82) is 0 Å². The summed E-state index contributed by atoms with van der Waals surface area (Å²) in [5.74, 6) is 1.76. The molecule has 0 saturated carbocycles. The Hall–Kier alpha value is -2.77. The monoisotopic (exact) mass is 353 g/mol. The van der Waals surface area contributed by atoms with Gasteiger partial charge in [0, 0.05) is 43.4 Å². The highest BCUT2D eigenvalue weighted by atomic mass is 16.2. The molecule has 4 rings (SSSR count). The van der Waals surface area contributed by atoms with Crippen LogP contribution in [0.3, 0.4) is 0 Å². The van der Waals surface area contributed by atoms with Gasteiger partial charge in [-0.1, -0.05) is 0 Å². The lowest BCUT2D eigenvalue weighted by Gasteiger charge is -2.35. The average Bonchev–Trinajstić information content (AvgIpc) is 3.25. The lowest BCUT2D eigenvalue weighted by Crippen LogP contribution is -2.44. The SMILES string of the molecule is Cc1ccn2c(C(=O)N3CCCC[C@@H]3CCn3ccnc3C)nnc2n1. The van der Waals surface area contributed by atoms with Crippen molar-refractivity contribution in [2.45, 2.75) is 52.1 Å². The van der Waals surface area contributed by atoms with Crippen LogP contribution in [0.15, 0.2) is 24.7 Å². The normalized spacial score (nSPS) is 17.8. The van der Waals surface area contributed by atoms with Crippen molar-refractivity contribution in [2.24, 2.45) is 0 Å². The molecular weight excluding hydrogens is 330 g/mol. The van der Waals surface area contributed by atoms with Gasteiger partial charge in [-0.3, -0.25) is 9.20 Å². The summed E-state index contributed by atoms with van der Waals surface area (Å²) in [6, 6.07) is 2.08. The smallest absolute Gasteiger partial charge is 0.292 e. The van der Waals surface area contributed by atoms with Crippen LogP contribution in [0, 0.1) is 13.8 Å². The second kappa shape index (κ2) is 6.86. The van der Waals surface area contributed by atoms with E-state index in [1.54, 1.807) is 4.40 Å². The van der Waals surface area contributed by atoms with Crippen LogP contribution >= 0.6 is 0 Å². The van der Waals surface area contributed by atoms with Gasteiger partial charge in [-0.2, -0.15) is 0 Å². The van der Waals surface area contributed by atoms with Crippen LogP contribution < -0.4 is 0 Å². The number of nitrogens with zero attached hydrogens (tertiary/aromatic N) is 7. The molecular formula is C18H23N7O. The quantitative estimate of drug-likeness (QED) is 0.717. The number of piperidine rings is 1. The van der Waals surface area contributed by atoms with Gasteiger partial charge in [-0.05, 0) is 45.6 Å². The van der Waals surface area contributed by atoms with Gasteiger partial charge in [0.1, 0.15) is 5.82 Å². The van der Waals surface area contributed by atoms with Crippen molar-refractivity contribution in [2.75, 3.05) is 6.54 Å². The Labute approximate surface area is 151 Å². The lowest BCUT2D eigenvalue weighted by atomic mass is 9.99. The summed E-state index contributed by atoms with van der Waals surface area (Å²) in [6.45, 7) is 5.53. The third-order valence-corrected chi connectivity index (χ3v) is 5.13. The number of imidazole rings is 1. The number of hydrogen-bond donors (Lipinski definition) is 0.